The van der Waals surface area contributed by atoms with Crippen LogP contribution in [0.5, 0.6) is 0 Å². The standard InChI is InChI=1S/C12H17FN4O/c13-11-4-9(5-15-6-11)7-17-3-1-2-10(8-17)12(14)16-18/h4-6,10,18H,1-3,7-8H2,(H2,14,16). The smallest absolute Gasteiger partial charge is 0.143 e. The minimum Gasteiger partial charge on any atom is -0.409 e. The predicted molar refractivity (Wildman–Crippen MR) is 65.6 cm³/mol. The Morgan fingerprint density at radius 3 is 3.17 bits per heavy atom. The maximum atomic E-state index is 13.0. The van der Waals surface area contributed by atoms with Gasteiger partial charge in [-0.15, -0.1) is 0 Å². The molecule has 0 bridgehead atoms. The average Bonchev–Trinajstić information content (AvgIpc) is 2.38. The lowest BCUT2D eigenvalue weighted by Gasteiger charge is -2.31. The highest BCUT2D eigenvalue weighted by atomic mass is 19.1. The van der Waals surface area contributed by atoms with Crippen molar-refractivity contribution in [2.45, 2.75) is 19.4 Å². The van der Waals surface area contributed by atoms with Gasteiger partial charge in [-0.1, -0.05) is 5.16 Å². The lowest BCUT2D eigenvalue weighted by Crippen LogP contribution is -2.40. The number of nitrogens with zero attached hydrogens (tertiary/aromatic N) is 3. The van der Waals surface area contributed by atoms with Gasteiger partial charge in [0.25, 0.3) is 0 Å². The molecule has 98 valence electrons. The molecule has 18 heavy (non-hydrogen) atoms. The van der Waals surface area contributed by atoms with Crippen LogP contribution in [0.3, 0.4) is 0 Å². The number of likely N-dealkylation sites (tertiary alicyclic amines) is 1. The van der Waals surface area contributed by atoms with Gasteiger partial charge in [0, 0.05) is 25.2 Å². The third kappa shape index (κ3) is 3.16. The van der Waals surface area contributed by atoms with Crippen LogP contribution in [0, 0.1) is 11.7 Å². The van der Waals surface area contributed by atoms with Crippen molar-refractivity contribution in [2.24, 2.45) is 16.8 Å². The van der Waals surface area contributed by atoms with Crippen LogP contribution in [-0.4, -0.2) is 34.0 Å². The van der Waals surface area contributed by atoms with E-state index < -0.39 is 0 Å². The monoisotopic (exact) mass is 252 g/mol. The van der Waals surface area contributed by atoms with E-state index in [4.69, 9.17) is 10.9 Å². The first-order valence-corrected chi connectivity index (χ1v) is 5.98. The lowest BCUT2D eigenvalue weighted by atomic mass is 9.97. The molecule has 1 aromatic rings. The van der Waals surface area contributed by atoms with Crippen molar-refractivity contribution < 1.29 is 9.60 Å². The maximum absolute atomic E-state index is 13.0. The van der Waals surface area contributed by atoms with Gasteiger partial charge in [0.15, 0.2) is 0 Å². The minimum absolute atomic E-state index is 0.0743. The zero-order valence-corrected chi connectivity index (χ0v) is 10.1. The highest BCUT2D eigenvalue weighted by molar-refractivity contribution is 5.82. The number of nitrogens with two attached hydrogens (primary N) is 1. The summed E-state index contributed by atoms with van der Waals surface area (Å²) in [6.07, 6.45) is 4.77. The Bertz CT molecular complexity index is 438. The van der Waals surface area contributed by atoms with Crippen molar-refractivity contribution in [2.75, 3.05) is 13.1 Å². The molecule has 0 amide bonds. The van der Waals surface area contributed by atoms with E-state index in [1.54, 1.807) is 6.20 Å². The highest BCUT2D eigenvalue weighted by Crippen LogP contribution is 2.18. The number of amidine groups is 1. The molecular weight excluding hydrogens is 235 g/mol. The Balaban J connectivity index is 1.97. The summed E-state index contributed by atoms with van der Waals surface area (Å²) in [5.41, 5.74) is 6.47. The zero-order valence-electron chi connectivity index (χ0n) is 10.1. The van der Waals surface area contributed by atoms with Gasteiger partial charge in [-0.05, 0) is 31.0 Å². The summed E-state index contributed by atoms with van der Waals surface area (Å²) in [5.74, 6) is 0.0276. The zero-order chi connectivity index (χ0) is 13.0. The SMILES string of the molecule is N/C(=N/O)C1CCCN(Cc2cncc(F)c2)C1. The second-order valence-corrected chi connectivity index (χ2v) is 4.61. The molecule has 1 saturated heterocycles. The molecule has 1 aromatic heterocycles. The number of oxime groups is 1. The number of aromatic nitrogens is 1. The normalized spacial score (nSPS) is 22.1. The molecule has 6 heteroatoms. The third-order valence-corrected chi connectivity index (χ3v) is 3.21. The first-order chi connectivity index (χ1) is 8.69. The van der Waals surface area contributed by atoms with Crippen LogP contribution >= 0.6 is 0 Å². The Kier molecular flexibility index (Phi) is 4.09. The van der Waals surface area contributed by atoms with Crippen LogP contribution in [0.1, 0.15) is 18.4 Å². The topological polar surface area (TPSA) is 74.7 Å². The predicted octanol–water partition coefficient (Wildman–Crippen LogP) is 1.18. The molecule has 1 fully saturated rings. The van der Waals surface area contributed by atoms with Crippen LogP contribution in [0.15, 0.2) is 23.6 Å². The maximum Gasteiger partial charge on any atom is 0.143 e. The van der Waals surface area contributed by atoms with Gasteiger partial charge in [0.1, 0.15) is 11.7 Å². The second-order valence-electron chi connectivity index (χ2n) is 4.61. The fraction of sp³-hybridized carbons (Fsp3) is 0.500. The number of hydrogen-bond donors (Lipinski definition) is 2. The number of pyridine rings is 1. The summed E-state index contributed by atoms with van der Waals surface area (Å²) in [7, 11) is 0. The van der Waals surface area contributed by atoms with Crippen molar-refractivity contribution >= 4 is 5.84 Å². The van der Waals surface area contributed by atoms with Gasteiger partial charge in [0.05, 0.1) is 6.20 Å². The quantitative estimate of drug-likeness (QED) is 0.366. The molecule has 3 N–H and O–H groups in total. The van der Waals surface area contributed by atoms with Gasteiger partial charge < -0.3 is 10.9 Å². The van der Waals surface area contributed by atoms with Crippen LogP contribution in [0.25, 0.3) is 0 Å². The van der Waals surface area contributed by atoms with E-state index in [0.29, 0.717) is 6.54 Å². The molecule has 0 spiro atoms. The van der Waals surface area contributed by atoms with Crippen LogP contribution in [-0.2, 0) is 6.54 Å². The van der Waals surface area contributed by atoms with Crippen molar-refractivity contribution in [3.05, 3.63) is 29.8 Å². The molecule has 0 radical (unpaired) electrons. The highest BCUT2D eigenvalue weighted by Gasteiger charge is 2.23. The largest absolute Gasteiger partial charge is 0.409 e. The van der Waals surface area contributed by atoms with Crippen molar-refractivity contribution in [1.29, 1.82) is 0 Å². The Labute approximate surface area is 105 Å². The summed E-state index contributed by atoms with van der Waals surface area (Å²) in [4.78, 5) is 6.00. The molecule has 2 rings (SSSR count). The second kappa shape index (κ2) is 5.77. The van der Waals surface area contributed by atoms with Crippen LogP contribution in [0.2, 0.25) is 0 Å². The van der Waals surface area contributed by atoms with Gasteiger partial charge in [0.2, 0.25) is 0 Å². The van der Waals surface area contributed by atoms with Crippen molar-refractivity contribution in [3.8, 4) is 0 Å². The molecule has 1 atom stereocenters. The Hall–Kier alpha value is -1.69. The van der Waals surface area contributed by atoms with Crippen LogP contribution < -0.4 is 5.73 Å². The Morgan fingerprint density at radius 2 is 2.44 bits per heavy atom. The molecule has 2 heterocycles. The molecule has 0 saturated carbocycles. The lowest BCUT2D eigenvalue weighted by molar-refractivity contribution is 0.192. The summed E-state index contributed by atoms with van der Waals surface area (Å²) in [6, 6.07) is 1.49. The third-order valence-electron chi connectivity index (χ3n) is 3.21. The van der Waals surface area contributed by atoms with E-state index >= 15 is 0 Å². The summed E-state index contributed by atoms with van der Waals surface area (Å²) < 4.78 is 13.0. The molecular formula is C12H17FN4O. The van der Waals surface area contributed by atoms with Crippen molar-refractivity contribution in [1.82, 2.24) is 9.88 Å². The fourth-order valence-corrected chi connectivity index (χ4v) is 2.32. The van der Waals surface area contributed by atoms with E-state index in [-0.39, 0.29) is 17.6 Å². The van der Waals surface area contributed by atoms with E-state index in [1.807, 2.05) is 0 Å². The van der Waals surface area contributed by atoms with Gasteiger partial charge in [-0.3, -0.25) is 9.88 Å². The average molecular weight is 252 g/mol. The summed E-state index contributed by atoms with van der Waals surface area (Å²) >= 11 is 0. The van der Waals surface area contributed by atoms with Gasteiger partial charge in [-0.2, -0.15) is 0 Å². The van der Waals surface area contributed by atoms with E-state index in [2.05, 4.69) is 15.0 Å². The molecule has 1 unspecified atom stereocenters. The van der Waals surface area contributed by atoms with Gasteiger partial charge in [-0.25, -0.2) is 4.39 Å². The molecule has 0 aliphatic carbocycles. The first kappa shape index (κ1) is 12.8. The fourth-order valence-electron chi connectivity index (χ4n) is 2.32. The van der Waals surface area contributed by atoms with Gasteiger partial charge >= 0.3 is 0 Å². The number of piperidine rings is 1. The number of halogens is 1. The number of hydrogen-bond acceptors (Lipinski definition) is 4. The summed E-state index contributed by atoms with van der Waals surface area (Å²) in [5, 5.41) is 11.7. The Morgan fingerprint density at radius 1 is 1.61 bits per heavy atom. The molecule has 5 nitrogen and oxygen atoms in total. The van der Waals surface area contributed by atoms with Crippen LogP contribution in [0.4, 0.5) is 4.39 Å². The van der Waals surface area contributed by atoms with E-state index in [1.165, 1.54) is 12.3 Å². The first-order valence-electron chi connectivity index (χ1n) is 5.98. The summed E-state index contributed by atoms with van der Waals surface area (Å²) in [6.45, 7) is 2.30. The van der Waals surface area contributed by atoms with Crippen molar-refractivity contribution in [3.63, 3.8) is 0 Å². The number of rotatable bonds is 3. The van der Waals surface area contributed by atoms with E-state index in [9.17, 15) is 4.39 Å². The molecule has 1 aliphatic rings. The molecule has 0 aromatic carbocycles. The molecule has 1 aliphatic heterocycles. The minimum atomic E-state index is -0.322. The van der Waals surface area contributed by atoms with E-state index in [0.717, 1.165) is 31.5 Å².